The first-order valence-corrected chi connectivity index (χ1v) is 15.7. The van der Waals surface area contributed by atoms with Crippen molar-refractivity contribution in [2.24, 2.45) is 0 Å². The fourth-order valence-electron chi connectivity index (χ4n) is 5.25. The monoisotopic (exact) mass is 481 g/mol. The maximum absolute atomic E-state index is 6.25. The number of ether oxygens (including phenoxy) is 2. The molecule has 1 saturated heterocycles. The molecule has 1 aliphatic rings. The highest BCUT2D eigenvalue weighted by atomic mass is 16.5. The van der Waals surface area contributed by atoms with E-state index in [1.165, 1.54) is 141 Å². The lowest BCUT2D eigenvalue weighted by molar-refractivity contribution is -0.0481. The summed E-state index contributed by atoms with van der Waals surface area (Å²) in [4.78, 5) is 2.37. The molecule has 0 aliphatic carbocycles. The van der Waals surface area contributed by atoms with Crippen LogP contribution in [-0.2, 0) is 9.47 Å². The zero-order chi connectivity index (χ0) is 24.5. The summed E-state index contributed by atoms with van der Waals surface area (Å²) in [6.45, 7) is 8.45. The van der Waals surface area contributed by atoms with E-state index in [0.717, 1.165) is 26.3 Å². The third-order valence-corrected chi connectivity index (χ3v) is 7.56. The van der Waals surface area contributed by atoms with Gasteiger partial charge in [-0.15, -0.1) is 0 Å². The number of hydrogen-bond donors (Lipinski definition) is 0. The first-order valence-electron chi connectivity index (χ1n) is 15.7. The van der Waals surface area contributed by atoms with Gasteiger partial charge in [-0.05, 0) is 19.9 Å². The Bertz CT molecular complexity index is 403. The van der Waals surface area contributed by atoms with Crippen LogP contribution in [0.5, 0.6) is 0 Å². The molecule has 1 heterocycles. The highest BCUT2D eigenvalue weighted by Crippen LogP contribution is 2.18. The Hall–Kier alpha value is -0.120. The van der Waals surface area contributed by atoms with Crippen LogP contribution < -0.4 is 0 Å². The summed E-state index contributed by atoms with van der Waals surface area (Å²) >= 11 is 0. The van der Waals surface area contributed by atoms with Gasteiger partial charge in [-0.1, -0.05) is 142 Å². The fourth-order valence-corrected chi connectivity index (χ4v) is 5.25. The van der Waals surface area contributed by atoms with Crippen LogP contribution in [0.25, 0.3) is 0 Å². The second-order valence-corrected chi connectivity index (χ2v) is 11.1. The van der Waals surface area contributed by atoms with Gasteiger partial charge in [0.1, 0.15) is 0 Å². The smallest absolute Gasteiger partial charge is 0.0975 e. The number of hydrogen-bond acceptors (Lipinski definition) is 3. The Morgan fingerprint density at radius 2 is 0.706 bits per heavy atom. The van der Waals surface area contributed by atoms with Crippen LogP contribution in [0, 0.1) is 0 Å². The molecule has 0 amide bonds. The molecular formula is C31H63NO2. The second kappa shape index (κ2) is 24.6. The van der Waals surface area contributed by atoms with Gasteiger partial charge in [0.05, 0.1) is 12.2 Å². The lowest BCUT2D eigenvalue weighted by atomic mass is 10.0. The quantitative estimate of drug-likeness (QED) is 0.115. The molecule has 204 valence electrons. The molecule has 3 nitrogen and oxygen atoms in total. The number of likely N-dealkylation sites (tertiary alicyclic amines) is 1. The summed E-state index contributed by atoms with van der Waals surface area (Å²) in [5.41, 5.74) is 0. The average molecular weight is 482 g/mol. The average Bonchev–Trinajstić information content (AvgIpc) is 3.19. The highest BCUT2D eigenvalue weighted by Gasteiger charge is 2.32. The molecule has 3 heteroatoms. The Labute approximate surface area is 215 Å². The van der Waals surface area contributed by atoms with Crippen LogP contribution >= 0.6 is 0 Å². The molecule has 0 aromatic carbocycles. The number of rotatable bonds is 26. The van der Waals surface area contributed by atoms with Crippen molar-refractivity contribution in [1.82, 2.24) is 4.90 Å². The third-order valence-electron chi connectivity index (χ3n) is 7.56. The minimum absolute atomic E-state index is 0.279. The lowest BCUT2D eigenvalue weighted by Crippen LogP contribution is -2.30. The third kappa shape index (κ3) is 19.1. The van der Waals surface area contributed by atoms with E-state index in [2.05, 4.69) is 25.8 Å². The van der Waals surface area contributed by atoms with Gasteiger partial charge in [-0.3, -0.25) is 0 Å². The van der Waals surface area contributed by atoms with Crippen molar-refractivity contribution in [2.45, 2.75) is 167 Å². The van der Waals surface area contributed by atoms with Gasteiger partial charge < -0.3 is 14.4 Å². The summed E-state index contributed by atoms with van der Waals surface area (Å²) in [6.07, 6.45) is 31.2. The topological polar surface area (TPSA) is 21.7 Å². The highest BCUT2D eigenvalue weighted by molar-refractivity contribution is 4.84. The number of nitrogens with zero attached hydrogens (tertiary/aromatic N) is 1. The summed E-state index contributed by atoms with van der Waals surface area (Å²) in [5.74, 6) is 0. The summed E-state index contributed by atoms with van der Waals surface area (Å²) in [7, 11) is 2.19. The second-order valence-electron chi connectivity index (χ2n) is 11.1. The Morgan fingerprint density at radius 1 is 0.441 bits per heavy atom. The van der Waals surface area contributed by atoms with Crippen LogP contribution in [0.15, 0.2) is 0 Å². The van der Waals surface area contributed by atoms with Crippen molar-refractivity contribution in [2.75, 3.05) is 33.4 Å². The normalized spacial score (nSPS) is 18.8. The largest absolute Gasteiger partial charge is 0.374 e. The van der Waals surface area contributed by atoms with Crippen molar-refractivity contribution in [3.63, 3.8) is 0 Å². The predicted octanol–water partition coefficient (Wildman–Crippen LogP) is 9.32. The molecule has 0 radical (unpaired) electrons. The Balaban J connectivity index is 1.85. The minimum Gasteiger partial charge on any atom is -0.374 e. The molecule has 0 aromatic rings. The molecule has 1 rings (SSSR count). The molecule has 0 N–H and O–H groups in total. The first-order chi connectivity index (χ1) is 16.8. The van der Waals surface area contributed by atoms with E-state index in [1.807, 2.05) is 0 Å². The van der Waals surface area contributed by atoms with Gasteiger partial charge in [0, 0.05) is 26.3 Å². The molecule has 0 spiro atoms. The van der Waals surface area contributed by atoms with E-state index >= 15 is 0 Å². The van der Waals surface area contributed by atoms with E-state index in [4.69, 9.17) is 9.47 Å². The van der Waals surface area contributed by atoms with Crippen molar-refractivity contribution in [3.8, 4) is 0 Å². The summed E-state index contributed by atoms with van der Waals surface area (Å²) < 4.78 is 12.5. The molecule has 0 saturated carbocycles. The number of likely N-dealkylation sites (N-methyl/N-ethyl adjacent to an activating group) is 1. The zero-order valence-electron chi connectivity index (χ0n) is 23.8. The molecule has 0 bridgehead atoms. The Kier molecular flexibility index (Phi) is 23.1. The zero-order valence-corrected chi connectivity index (χ0v) is 23.8. The molecule has 1 unspecified atom stereocenters. The fraction of sp³-hybridized carbons (Fsp3) is 1.00. The van der Waals surface area contributed by atoms with Crippen LogP contribution in [0.1, 0.15) is 155 Å². The van der Waals surface area contributed by atoms with Gasteiger partial charge in [-0.25, -0.2) is 0 Å². The molecule has 0 aromatic heterocycles. The molecule has 34 heavy (non-hydrogen) atoms. The van der Waals surface area contributed by atoms with Gasteiger partial charge in [0.15, 0.2) is 0 Å². The van der Waals surface area contributed by atoms with Crippen molar-refractivity contribution < 1.29 is 9.47 Å². The molecule has 1 aliphatic heterocycles. The SMILES string of the molecule is CCCCCCCCCCCCCCCCCCOC1CN(C)C[C@H]1OCCCCCCCC. The minimum atomic E-state index is 0.279. The van der Waals surface area contributed by atoms with E-state index in [9.17, 15) is 0 Å². The van der Waals surface area contributed by atoms with Gasteiger partial charge in [0.25, 0.3) is 0 Å². The van der Waals surface area contributed by atoms with Crippen LogP contribution in [0.2, 0.25) is 0 Å². The van der Waals surface area contributed by atoms with E-state index < -0.39 is 0 Å². The summed E-state index contributed by atoms with van der Waals surface area (Å²) in [5, 5.41) is 0. The predicted molar refractivity (Wildman–Crippen MR) is 150 cm³/mol. The molecular weight excluding hydrogens is 418 g/mol. The number of unbranched alkanes of at least 4 members (excludes halogenated alkanes) is 20. The van der Waals surface area contributed by atoms with E-state index in [0.29, 0.717) is 0 Å². The Morgan fingerprint density at radius 3 is 1.00 bits per heavy atom. The van der Waals surface area contributed by atoms with Gasteiger partial charge >= 0.3 is 0 Å². The lowest BCUT2D eigenvalue weighted by Gasteiger charge is -2.20. The van der Waals surface area contributed by atoms with E-state index in [1.54, 1.807) is 0 Å². The van der Waals surface area contributed by atoms with Gasteiger partial charge in [-0.2, -0.15) is 0 Å². The van der Waals surface area contributed by atoms with Crippen molar-refractivity contribution >= 4 is 0 Å². The molecule has 1 fully saturated rings. The maximum Gasteiger partial charge on any atom is 0.0975 e. The van der Waals surface area contributed by atoms with Crippen LogP contribution in [0.3, 0.4) is 0 Å². The summed E-state index contributed by atoms with van der Waals surface area (Å²) in [6, 6.07) is 0. The standard InChI is InChI=1S/C31H63NO2/c1-4-6-8-10-12-13-14-15-16-17-18-19-20-21-23-25-27-34-31-29-32(3)28-30(31)33-26-24-22-11-9-7-5-2/h30-31H,4-29H2,1-3H3/t30-,31?/m1/s1. The maximum atomic E-state index is 6.25. The molecule has 2 atom stereocenters. The van der Waals surface area contributed by atoms with Crippen molar-refractivity contribution in [1.29, 1.82) is 0 Å². The van der Waals surface area contributed by atoms with Gasteiger partial charge in [0.2, 0.25) is 0 Å². The van der Waals surface area contributed by atoms with Crippen LogP contribution in [-0.4, -0.2) is 50.5 Å². The van der Waals surface area contributed by atoms with Crippen molar-refractivity contribution in [3.05, 3.63) is 0 Å². The first kappa shape index (κ1) is 31.9. The van der Waals surface area contributed by atoms with E-state index in [-0.39, 0.29) is 12.2 Å². The van der Waals surface area contributed by atoms with Crippen LogP contribution in [0.4, 0.5) is 0 Å².